The van der Waals surface area contributed by atoms with Crippen LogP contribution in [0, 0.1) is 5.82 Å². The second kappa shape index (κ2) is 11.9. The molecule has 2 atom stereocenters. The van der Waals surface area contributed by atoms with Crippen molar-refractivity contribution in [3.63, 3.8) is 0 Å². The molecule has 0 fully saturated rings. The molecule has 0 spiro atoms. The molecule has 0 saturated carbocycles. The first-order chi connectivity index (χ1) is 15.3. The molecule has 7 nitrogen and oxygen atoms in total. The summed E-state index contributed by atoms with van der Waals surface area (Å²) in [5.74, 6) is 0.178. The van der Waals surface area contributed by atoms with E-state index in [1.165, 1.54) is 25.2 Å². The maximum atomic E-state index is 14.3. The van der Waals surface area contributed by atoms with E-state index in [1.807, 2.05) is 13.8 Å². The molecule has 32 heavy (non-hydrogen) atoms. The molecule has 2 aromatic carbocycles. The lowest BCUT2D eigenvalue weighted by Gasteiger charge is -2.29. The van der Waals surface area contributed by atoms with Crippen molar-refractivity contribution in [2.24, 2.45) is 0 Å². The highest BCUT2D eigenvalue weighted by molar-refractivity contribution is 5.88. The summed E-state index contributed by atoms with van der Waals surface area (Å²) in [6.45, 7) is 5.04. The fourth-order valence-electron chi connectivity index (χ4n) is 2.95. The minimum Gasteiger partial charge on any atom is -0.496 e. The Kier molecular flexibility index (Phi) is 9.31. The second-order valence-electron chi connectivity index (χ2n) is 7.44. The molecule has 174 valence electrons. The molecule has 0 aromatic heterocycles. The average Bonchev–Trinajstić information content (AvgIpc) is 2.81. The lowest BCUT2D eigenvalue weighted by molar-refractivity contribution is -0.142. The SMILES string of the molecule is CCC(C)NC(=O)C(C)N(Cc1ccccc1F)C(=O)COc1cc(OC)cc(OC)c1. The van der Waals surface area contributed by atoms with Gasteiger partial charge < -0.3 is 24.4 Å². The molecular formula is C24H31FN2O5. The topological polar surface area (TPSA) is 77.1 Å². The summed E-state index contributed by atoms with van der Waals surface area (Å²) in [6.07, 6.45) is 0.750. The molecule has 8 heteroatoms. The van der Waals surface area contributed by atoms with Crippen molar-refractivity contribution in [3.8, 4) is 17.2 Å². The molecule has 0 heterocycles. The molecule has 0 bridgehead atoms. The van der Waals surface area contributed by atoms with Gasteiger partial charge in [-0.05, 0) is 26.3 Å². The molecule has 0 aliphatic rings. The summed E-state index contributed by atoms with van der Waals surface area (Å²) in [6, 6.07) is 10.2. The first kappa shape index (κ1) is 25.0. The highest BCUT2D eigenvalue weighted by Crippen LogP contribution is 2.27. The van der Waals surface area contributed by atoms with E-state index in [0.29, 0.717) is 22.8 Å². The number of nitrogens with zero attached hydrogens (tertiary/aromatic N) is 1. The molecule has 0 radical (unpaired) electrons. The Morgan fingerprint density at radius 2 is 1.62 bits per heavy atom. The number of carbonyl (C=O) groups is 2. The van der Waals surface area contributed by atoms with Gasteiger partial charge >= 0.3 is 0 Å². The van der Waals surface area contributed by atoms with Crippen LogP contribution >= 0.6 is 0 Å². The van der Waals surface area contributed by atoms with Crippen LogP contribution in [0.2, 0.25) is 0 Å². The van der Waals surface area contributed by atoms with Crippen LogP contribution in [0.1, 0.15) is 32.8 Å². The molecule has 0 aliphatic carbocycles. The van der Waals surface area contributed by atoms with Gasteiger partial charge in [-0.3, -0.25) is 9.59 Å². The number of hydrogen-bond donors (Lipinski definition) is 1. The van der Waals surface area contributed by atoms with Crippen LogP contribution in [-0.4, -0.2) is 49.6 Å². The van der Waals surface area contributed by atoms with Crippen molar-refractivity contribution in [2.45, 2.75) is 45.8 Å². The molecule has 1 N–H and O–H groups in total. The fourth-order valence-corrected chi connectivity index (χ4v) is 2.95. The Balaban J connectivity index is 2.21. The molecule has 2 amide bonds. The van der Waals surface area contributed by atoms with Gasteiger partial charge in [0.2, 0.25) is 5.91 Å². The first-order valence-electron chi connectivity index (χ1n) is 10.5. The highest BCUT2D eigenvalue weighted by atomic mass is 19.1. The van der Waals surface area contributed by atoms with Gasteiger partial charge in [0.1, 0.15) is 29.1 Å². The number of hydrogen-bond acceptors (Lipinski definition) is 5. The average molecular weight is 447 g/mol. The van der Waals surface area contributed by atoms with E-state index >= 15 is 0 Å². The quantitative estimate of drug-likeness (QED) is 0.571. The summed E-state index contributed by atoms with van der Waals surface area (Å²) in [4.78, 5) is 27.1. The van der Waals surface area contributed by atoms with E-state index in [-0.39, 0.29) is 25.1 Å². The van der Waals surface area contributed by atoms with Gasteiger partial charge in [0.25, 0.3) is 5.91 Å². The molecular weight excluding hydrogens is 415 g/mol. The Morgan fingerprint density at radius 1 is 1.03 bits per heavy atom. The van der Waals surface area contributed by atoms with Crippen molar-refractivity contribution in [1.82, 2.24) is 10.2 Å². The number of nitrogens with one attached hydrogen (secondary N) is 1. The van der Waals surface area contributed by atoms with Gasteiger partial charge in [0, 0.05) is 36.3 Å². The van der Waals surface area contributed by atoms with E-state index in [2.05, 4.69) is 5.32 Å². The van der Waals surface area contributed by atoms with E-state index in [4.69, 9.17) is 14.2 Å². The van der Waals surface area contributed by atoms with E-state index in [9.17, 15) is 14.0 Å². The van der Waals surface area contributed by atoms with E-state index in [1.54, 1.807) is 43.3 Å². The number of methoxy groups -OCH3 is 2. The summed E-state index contributed by atoms with van der Waals surface area (Å²) in [7, 11) is 3.02. The second-order valence-corrected chi connectivity index (χ2v) is 7.44. The van der Waals surface area contributed by atoms with Crippen LogP contribution in [0.5, 0.6) is 17.2 Å². The summed E-state index contributed by atoms with van der Waals surface area (Å²) in [5, 5.41) is 2.87. The molecule has 2 aromatic rings. The summed E-state index contributed by atoms with van der Waals surface area (Å²) >= 11 is 0. The fraction of sp³-hybridized carbons (Fsp3) is 0.417. The normalized spacial score (nSPS) is 12.4. The Labute approximate surface area is 188 Å². The number of benzene rings is 2. The highest BCUT2D eigenvalue weighted by Gasteiger charge is 2.28. The summed E-state index contributed by atoms with van der Waals surface area (Å²) < 4.78 is 30.3. The number of amides is 2. The molecule has 2 unspecified atom stereocenters. The van der Waals surface area contributed by atoms with Crippen LogP contribution in [0.3, 0.4) is 0 Å². The van der Waals surface area contributed by atoms with Crippen molar-refractivity contribution in [3.05, 3.63) is 53.8 Å². The van der Waals surface area contributed by atoms with Crippen LogP contribution in [0.15, 0.2) is 42.5 Å². The zero-order valence-electron chi connectivity index (χ0n) is 19.2. The third-order valence-electron chi connectivity index (χ3n) is 5.15. The zero-order valence-corrected chi connectivity index (χ0v) is 19.2. The lowest BCUT2D eigenvalue weighted by Crippen LogP contribution is -2.50. The van der Waals surface area contributed by atoms with Gasteiger partial charge in [0.05, 0.1) is 14.2 Å². The smallest absolute Gasteiger partial charge is 0.261 e. The Bertz CT molecular complexity index is 899. The van der Waals surface area contributed by atoms with Gasteiger partial charge in [-0.25, -0.2) is 4.39 Å². The van der Waals surface area contributed by atoms with Crippen LogP contribution in [-0.2, 0) is 16.1 Å². The van der Waals surface area contributed by atoms with Gasteiger partial charge in [-0.2, -0.15) is 0 Å². The van der Waals surface area contributed by atoms with E-state index < -0.39 is 17.8 Å². The number of halogens is 1. The standard InChI is InChI=1S/C24H31FN2O5/c1-6-16(2)26-24(29)17(3)27(14-18-9-7-8-10-22(18)25)23(28)15-32-21-12-19(30-4)11-20(13-21)31-5/h7-13,16-17H,6,14-15H2,1-5H3,(H,26,29). The van der Waals surface area contributed by atoms with Gasteiger partial charge in [-0.15, -0.1) is 0 Å². The van der Waals surface area contributed by atoms with Crippen molar-refractivity contribution in [2.75, 3.05) is 20.8 Å². The van der Waals surface area contributed by atoms with E-state index in [0.717, 1.165) is 6.42 Å². The number of carbonyl (C=O) groups excluding carboxylic acids is 2. The zero-order chi connectivity index (χ0) is 23.7. The van der Waals surface area contributed by atoms with Crippen molar-refractivity contribution < 1.29 is 28.2 Å². The minimum absolute atomic E-state index is 0.0455. The molecule has 2 rings (SSSR count). The van der Waals surface area contributed by atoms with Crippen LogP contribution in [0.4, 0.5) is 4.39 Å². The predicted molar refractivity (Wildman–Crippen MR) is 119 cm³/mol. The van der Waals surface area contributed by atoms with Gasteiger partial charge in [0.15, 0.2) is 6.61 Å². The minimum atomic E-state index is -0.820. The van der Waals surface area contributed by atoms with Crippen molar-refractivity contribution in [1.29, 1.82) is 0 Å². The number of ether oxygens (including phenoxy) is 3. The third kappa shape index (κ3) is 6.87. The van der Waals surface area contributed by atoms with Crippen LogP contribution < -0.4 is 19.5 Å². The Morgan fingerprint density at radius 3 is 2.19 bits per heavy atom. The molecule has 0 saturated heterocycles. The maximum Gasteiger partial charge on any atom is 0.261 e. The number of rotatable bonds is 11. The Hall–Kier alpha value is -3.29. The summed E-state index contributed by atoms with van der Waals surface area (Å²) in [5.41, 5.74) is 0.312. The van der Waals surface area contributed by atoms with Crippen LogP contribution in [0.25, 0.3) is 0 Å². The largest absolute Gasteiger partial charge is 0.496 e. The maximum absolute atomic E-state index is 14.3. The molecule has 0 aliphatic heterocycles. The predicted octanol–water partition coefficient (Wildman–Crippen LogP) is 3.55. The van der Waals surface area contributed by atoms with Gasteiger partial charge in [-0.1, -0.05) is 25.1 Å². The monoisotopic (exact) mass is 446 g/mol. The third-order valence-corrected chi connectivity index (χ3v) is 5.15. The first-order valence-corrected chi connectivity index (χ1v) is 10.5. The van der Waals surface area contributed by atoms with Crippen molar-refractivity contribution >= 4 is 11.8 Å². The lowest BCUT2D eigenvalue weighted by atomic mass is 10.1.